The molecule has 0 unspecified atom stereocenters. The van der Waals surface area contributed by atoms with Crippen molar-refractivity contribution in [1.82, 2.24) is 0 Å². The molecule has 0 aliphatic carbocycles. The molecule has 2 amide bonds. The van der Waals surface area contributed by atoms with Crippen LogP contribution in [0.2, 0.25) is 0 Å². The van der Waals surface area contributed by atoms with E-state index < -0.39 is 23.4 Å². The Labute approximate surface area is 196 Å². The molecule has 0 bridgehead atoms. The minimum atomic E-state index is -1.13. The molecule has 0 aromatic heterocycles. The van der Waals surface area contributed by atoms with Gasteiger partial charge in [0.1, 0.15) is 5.70 Å². The standard InChI is InChI=1S/C27H23F2N3O2/c1-17-4-6-18(7-5-17)24-25(30-19-8-10-20(11-9-19)31-14-2-3-15-31)27(34)32(26(24)33)21-12-13-22(28)23(29)16-21/h4-13,16,30H,2-3,14-15H2,1H3. The van der Waals surface area contributed by atoms with Crippen LogP contribution < -0.4 is 15.1 Å². The number of carbonyl (C=O) groups excluding carboxylic acids is 2. The highest BCUT2D eigenvalue weighted by Gasteiger charge is 2.40. The van der Waals surface area contributed by atoms with Crippen molar-refractivity contribution >= 4 is 34.4 Å². The van der Waals surface area contributed by atoms with Gasteiger partial charge < -0.3 is 10.2 Å². The van der Waals surface area contributed by atoms with Crippen molar-refractivity contribution in [3.05, 3.63) is 95.2 Å². The van der Waals surface area contributed by atoms with Crippen LogP contribution >= 0.6 is 0 Å². The highest BCUT2D eigenvalue weighted by molar-refractivity contribution is 6.46. The van der Waals surface area contributed by atoms with Crippen molar-refractivity contribution in [3.8, 4) is 0 Å². The van der Waals surface area contributed by atoms with Gasteiger partial charge in [-0.1, -0.05) is 29.8 Å². The molecular formula is C27H23F2N3O2. The molecule has 3 aromatic carbocycles. The number of nitrogens with one attached hydrogen (secondary N) is 1. The number of hydrogen-bond acceptors (Lipinski definition) is 4. The maximum atomic E-state index is 13.9. The summed E-state index contributed by atoms with van der Waals surface area (Å²) in [7, 11) is 0. The fourth-order valence-corrected chi connectivity index (χ4v) is 4.37. The van der Waals surface area contributed by atoms with E-state index in [1.807, 2.05) is 43.3 Å². The second-order valence-electron chi connectivity index (χ2n) is 8.53. The first-order chi connectivity index (χ1) is 16.4. The monoisotopic (exact) mass is 459 g/mol. The molecule has 172 valence electrons. The lowest BCUT2D eigenvalue weighted by Crippen LogP contribution is -2.32. The third-order valence-electron chi connectivity index (χ3n) is 6.19. The maximum absolute atomic E-state index is 13.9. The van der Waals surface area contributed by atoms with Gasteiger partial charge in [-0.15, -0.1) is 0 Å². The molecule has 1 fully saturated rings. The smallest absolute Gasteiger partial charge is 0.282 e. The molecule has 2 aliphatic heterocycles. The van der Waals surface area contributed by atoms with E-state index in [1.165, 1.54) is 18.9 Å². The lowest BCUT2D eigenvalue weighted by molar-refractivity contribution is -0.120. The van der Waals surface area contributed by atoms with Gasteiger partial charge in [0.05, 0.1) is 11.3 Å². The van der Waals surface area contributed by atoms with Crippen molar-refractivity contribution in [2.75, 3.05) is 28.2 Å². The second kappa shape index (κ2) is 8.74. The normalized spacial score (nSPS) is 16.1. The third kappa shape index (κ3) is 3.94. The quantitative estimate of drug-likeness (QED) is 0.528. The Morgan fingerprint density at radius 1 is 0.765 bits per heavy atom. The Bertz CT molecular complexity index is 1290. The van der Waals surface area contributed by atoms with E-state index >= 15 is 0 Å². The van der Waals surface area contributed by atoms with Crippen LogP contribution in [0.1, 0.15) is 24.0 Å². The largest absolute Gasteiger partial charge is 0.372 e. The number of rotatable bonds is 5. The van der Waals surface area contributed by atoms with E-state index in [9.17, 15) is 18.4 Å². The van der Waals surface area contributed by atoms with E-state index in [0.717, 1.165) is 41.4 Å². The summed E-state index contributed by atoms with van der Waals surface area (Å²) < 4.78 is 27.4. The van der Waals surface area contributed by atoms with Crippen LogP contribution in [0.15, 0.2) is 72.4 Å². The Kier molecular flexibility index (Phi) is 5.61. The van der Waals surface area contributed by atoms with Crippen LogP contribution in [0.25, 0.3) is 5.57 Å². The SMILES string of the molecule is Cc1ccc(C2=C(Nc3ccc(N4CCCC4)cc3)C(=O)N(c3ccc(F)c(F)c3)C2=O)cc1. The minimum Gasteiger partial charge on any atom is -0.372 e. The molecule has 0 spiro atoms. The molecule has 1 saturated heterocycles. The van der Waals surface area contributed by atoms with Crippen molar-refractivity contribution in [2.45, 2.75) is 19.8 Å². The minimum absolute atomic E-state index is 0.0281. The van der Waals surface area contributed by atoms with Crippen LogP contribution in [-0.2, 0) is 9.59 Å². The fourth-order valence-electron chi connectivity index (χ4n) is 4.37. The van der Waals surface area contributed by atoms with E-state index in [0.29, 0.717) is 11.3 Å². The Morgan fingerprint density at radius 2 is 1.41 bits per heavy atom. The number of amides is 2. The average molecular weight is 459 g/mol. The number of aryl methyl sites for hydroxylation is 1. The first-order valence-electron chi connectivity index (χ1n) is 11.2. The van der Waals surface area contributed by atoms with E-state index in [1.54, 1.807) is 12.1 Å². The Morgan fingerprint density at radius 3 is 2.06 bits per heavy atom. The molecule has 3 aromatic rings. The highest BCUT2D eigenvalue weighted by Crippen LogP contribution is 2.34. The van der Waals surface area contributed by atoms with E-state index in [4.69, 9.17) is 0 Å². The summed E-state index contributed by atoms with van der Waals surface area (Å²) in [5.41, 5.74) is 3.56. The number of halogens is 2. The summed E-state index contributed by atoms with van der Waals surface area (Å²) in [6.45, 7) is 3.96. The van der Waals surface area contributed by atoms with E-state index in [2.05, 4.69) is 10.2 Å². The molecule has 34 heavy (non-hydrogen) atoms. The Hall–Kier alpha value is -4.00. The molecule has 7 heteroatoms. The fraction of sp³-hybridized carbons (Fsp3) is 0.185. The van der Waals surface area contributed by atoms with Crippen LogP contribution in [0.4, 0.5) is 25.8 Å². The summed E-state index contributed by atoms with van der Waals surface area (Å²) in [4.78, 5) is 30.0. The van der Waals surface area contributed by atoms with Gasteiger partial charge in [-0.3, -0.25) is 9.59 Å². The first-order valence-corrected chi connectivity index (χ1v) is 11.2. The molecule has 5 rings (SSSR count). The lowest BCUT2D eigenvalue weighted by Gasteiger charge is -2.18. The van der Waals surface area contributed by atoms with Gasteiger partial charge in [-0.05, 0) is 61.7 Å². The summed E-state index contributed by atoms with van der Waals surface area (Å²) >= 11 is 0. The number of hydrogen-bond donors (Lipinski definition) is 1. The van der Waals surface area contributed by atoms with Gasteiger partial charge in [-0.2, -0.15) is 0 Å². The van der Waals surface area contributed by atoms with Crippen molar-refractivity contribution in [2.24, 2.45) is 0 Å². The van der Waals surface area contributed by atoms with Gasteiger partial charge >= 0.3 is 0 Å². The number of carbonyl (C=O) groups is 2. The van der Waals surface area contributed by atoms with Crippen LogP contribution in [0.5, 0.6) is 0 Å². The van der Waals surface area contributed by atoms with Gasteiger partial charge in [0, 0.05) is 30.5 Å². The van der Waals surface area contributed by atoms with E-state index in [-0.39, 0.29) is 17.0 Å². The van der Waals surface area contributed by atoms with Crippen molar-refractivity contribution in [3.63, 3.8) is 0 Å². The first kappa shape index (κ1) is 21.8. The zero-order valence-corrected chi connectivity index (χ0v) is 18.6. The lowest BCUT2D eigenvalue weighted by atomic mass is 10.0. The van der Waals surface area contributed by atoms with Gasteiger partial charge in [-0.25, -0.2) is 13.7 Å². The summed E-state index contributed by atoms with van der Waals surface area (Å²) in [5, 5.41) is 3.11. The molecule has 0 atom stereocenters. The van der Waals surface area contributed by atoms with Gasteiger partial charge in [0.2, 0.25) is 0 Å². The molecule has 0 radical (unpaired) electrons. The maximum Gasteiger partial charge on any atom is 0.282 e. The molecule has 0 saturated carbocycles. The van der Waals surface area contributed by atoms with Crippen LogP contribution in [0, 0.1) is 18.6 Å². The zero-order chi connectivity index (χ0) is 23.8. The highest BCUT2D eigenvalue weighted by atomic mass is 19.2. The molecule has 1 N–H and O–H groups in total. The summed E-state index contributed by atoms with van der Waals surface area (Å²) in [5.74, 6) is -3.41. The third-order valence-corrected chi connectivity index (χ3v) is 6.19. The predicted octanol–water partition coefficient (Wildman–Crippen LogP) is 5.27. The molecular weight excluding hydrogens is 436 g/mol. The number of imide groups is 1. The zero-order valence-electron chi connectivity index (χ0n) is 18.6. The van der Waals surface area contributed by atoms with Crippen molar-refractivity contribution < 1.29 is 18.4 Å². The second-order valence-corrected chi connectivity index (χ2v) is 8.53. The van der Waals surface area contributed by atoms with Gasteiger partial charge in [0.15, 0.2) is 11.6 Å². The predicted molar refractivity (Wildman–Crippen MR) is 128 cm³/mol. The molecule has 2 heterocycles. The number of nitrogens with zero attached hydrogens (tertiary/aromatic N) is 2. The Balaban J connectivity index is 1.52. The van der Waals surface area contributed by atoms with Crippen molar-refractivity contribution in [1.29, 1.82) is 0 Å². The average Bonchev–Trinajstić information content (AvgIpc) is 3.45. The number of anilines is 3. The number of benzene rings is 3. The topological polar surface area (TPSA) is 52.7 Å². The summed E-state index contributed by atoms with van der Waals surface area (Å²) in [6, 6.07) is 17.9. The van der Waals surface area contributed by atoms with Gasteiger partial charge in [0.25, 0.3) is 11.8 Å². The molecule has 5 nitrogen and oxygen atoms in total. The van der Waals surface area contributed by atoms with Crippen LogP contribution in [-0.4, -0.2) is 24.9 Å². The van der Waals surface area contributed by atoms with Crippen LogP contribution in [0.3, 0.4) is 0 Å². The summed E-state index contributed by atoms with van der Waals surface area (Å²) in [6.07, 6.45) is 2.34. The molecule has 2 aliphatic rings.